The summed E-state index contributed by atoms with van der Waals surface area (Å²) in [7, 11) is 0. The summed E-state index contributed by atoms with van der Waals surface area (Å²) in [5, 5.41) is 0. The van der Waals surface area contributed by atoms with Crippen molar-refractivity contribution in [2.75, 3.05) is 0 Å². The van der Waals surface area contributed by atoms with E-state index in [4.69, 9.17) is 0 Å². The van der Waals surface area contributed by atoms with Gasteiger partial charge in [0, 0.05) is 5.41 Å². The predicted molar refractivity (Wildman–Crippen MR) is 61.5 cm³/mol. The zero-order valence-electron chi connectivity index (χ0n) is 9.14. The Kier molecular flexibility index (Phi) is 2.22. The lowest BCUT2D eigenvalue weighted by Gasteiger charge is -2.43. The first-order valence-corrected chi connectivity index (χ1v) is 5.38. The van der Waals surface area contributed by atoms with Crippen LogP contribution in [0.5, 0.6) is 0 Å². The molecule has 1 aromatic carbocycles. The monoisotopic (exact) mass is 186 g/mol. The molecule has 74 valence electrons. The normalized spacial score (nSPS) is 18.7. The maximum absolute atomic E-state index is 4.15. The van der Waals surface area contributed by atoms with Crippen LogP contribution in [0.1, 0.15) is 37.3 Å². The van der Waals surface area contributed by atoms with Gasteiger partial charge in [-0.2, -0.15) is 0 Å². The van der Waals surface area contributed by atoms with Crippen LogP contribution in [0.25, 0.3) is 0 Å². The van der Waals surface area contributed by atoms with Crippen molar-refractivity contribution in [3.63, 3.8) is 0 Å². The summed E-state index contributed by atoms with van der Waals surface area (Å²) >= 11 is 0. The minimum atomic E-state index is 0.313. The molecule has 0 spiro atoms. The van der Waals surface area contributed by atoms with Crippen molar-refractivity contribution in [3.8, 4) is 0 Å². The second kappa shape index (κ2) is 3.27. The molecule has 0 nitrogen and oxygen atoms in total. The van der Waals surface area contributed by atoms with Crippen LogP contribution in [0, 0.1) is 6.92 Å². The Labute approximate surface area is 86.7 Å². The number of hydrogen-bond acceptors (Lipinski definition) is 0. The molecule has 0 heterocycles. The van der Waals surface area contributed by atoms with Crippen molar-refractivity contribution >= 4 is 0 Å². The summed E-state index contributed by atoms with van der Waals surface area (Å²) in [6, 6.07) is 8.95. The van der Waals surface area contributed by atoms with Gasteiger partial charge in [-0.3, -0.25) is 0 Å². The number of benzene rings is 1. The molecular weight excluding hydrogens is 168 g/mol. The Bertz CT molecular complexity index is 339. The van der Waals surface area contributed by atoms with Crippen LogP contribution in [0.3, 0.4) is 0 Å². The Morgan fingerprint density at radius 3 is 2.14 bits per heavy atom. The van der Waals surface area contributed by atoms with E-state index in [1.165, 1.54) is 36.0 Å². The third-order valence-corrected chi connectivity index (χ3v) is 3.63. The highest BCUT2D eigenvalue weighted by atomic mass is 14.4. The van der Waals surface area contributed by atoms with E-state index in [9.17, 15) is 0 Å². The van der Waals surface area contributed by atoms with Crippen LogP contribution in [0.4, 0.5) is 0 Å². The van der Waals surface area contributed by atoms with E-state index in [2.05, 4.69) is 44.7 Å². The largest absolute Gasteiger partial charge is 0.0992 e. The van der Waals surface area contributed by atoms with Crippen molar-refractivity contribution < 1.29 is 0 Å². The van der Waals surface area contributed by atoms with Crippen molar-refractivity contribution in [3.05, 3.63) is 47.5 Å². The zero-order valence-corrected chi connectivity index (χ0v) is 9.14. The van der Waals surface area contributed by atoms with E-state index in [1.807, 2.05) is 0 Å². The fourth-order valence-electron chi connectivity index (χ4n) is 2.36. The van der Waals surface area contributed by atoms with E-state index in [-0.39, 0.29) is 0 Å². The minimum Gasteiger partial charge on any atom is -0.0992 e. The number of hydrogen-bond donors (Lipinski definition) is 0. The molecule has 0 aliphatic heterocycles. The molecule has 0 radical (unpaired) electrons. The van der Waals surface area contributed by atoms with Crippen molar-refractivity contribution in [1.82, 2.24) is 0 Å². The minimum absolute atomic E-state index is 0.313. The van der Waals surface area contributed by atoms with Gasteiger partial charge < -0.3 is 0 Å². The van der Waals surface area contributed by atoms with E-state index in [0.29, 0.717) is 5.41 Å². The van der Waals surface area contributed by atoms with E-state index in [1.54, 1.807) is 0 Å². The van der Waals surface area contributed by atoms with Crippen LogP contribution < -0.4 is 0 Å². The maximum atomic E-state index is 4.15. The summed E-state index contributed by atoms with van der Waals surface area (Å²) in [6.07, 6.45) is 3.91. The third kappa shape index (κ3) is 1.30. The highest BCUT2D eigenvalue weighted by Crippen LogP contribution is 2.48. The molecule has 0 heteroatoms. The van der Waals surface area contributed by atoms with Gasteiger partial charge in [0.25, 0.3) is 0 Å². The van der Waals surface area contributed by atoms with Crippen LogP contribution in [0.2, 0.25) is 0 Å². The number of aryl methyl sites for hydroxylation is 1. The molecule has 1 aliphatic rings. The molecule has 0 atom stereocenters. The molecule has 2 rings (SSSR count). The summed E-state index contributed by atoms with van der Waals surface area (Å²) in [5.74, 6) is 0. The number of rotatable bonds is 2. The van der Waals surface area contributed by atoms with Crippen molar-refractivity contribution in [2.45, 2.75) is 38.5 Å². The lowest BCUT2D eigenvalue weighted by Crippen LogP contribution is -2.34. The Hall–Kier alpha value is -1.04. The second-order valence-electron chi connectivity index (χ2n) is 4.58. The molecule has 0 unspecified atom stereocenters. The molecule has 1 aliphatic carbocycles. The lowest BCUT2D eigenvalue weighted by molar-refractivity contribution is 0.295. The molecule has 0 amide bonds. The Balaban J connectivity index is 2.37. The van der Waals surface area contributed by atoms with Gasteiger partial charge in [0.15, 0.2) is 0 Å². The van der Waals surface area contributed by atoms with Gasteiger partial charge in [-0.05, 0) is 32.3 Å². The zero-order chi connectivity index (χ0) is 10.2. The van der Waals surface area contributed by atoms with Gasteiger partial charge in [-0.25, -0.2) is 0 Å². The van der Waals surface area contributed by atoms with Gasteiger partial charge in [0.2, 0.25) is 0 Å². The molecule has 0 N–H and O–H groups in total. The summed E-state index contributed by atoms with van der Waals surface area (Å²) in [4.78, 5) is 0. The topological polar surface area (TPSA) is 0 Å². The first kappa shape index (κ1) is 9.51. The van der Waals surface area contributed by atoms with Gasteiger partial charge in [0.1, 0.15) is 0 Å². The Morgan fingerprint density at radius 2 is 1.79 bits per heavy atom. The van der Waals surface area contributed by atoms with Gasteiger partial charge >= 0.3 is 0 Å². The third-order valence-electron chi connectivity index (χ3n) is 3.63. The standard InChI is InChI=1S/C14H18/c1-11(2)14(9-4-10-14)13-7-5-12(3)6-8-13/h5-8H,1,4,9-10H2,2-3H3. The summed E-state index contributed by atoms with van der Waals surface area (Å²) in [6.45, 7) is 8.45. The van der Waals surface area contributed by atoms with Gasteiger partial charge in [-0.15, -0.1) is 0 Å². The Morgan fingerprint density at radius 1 is 1.21 bits per heavy atom. The molecule has 1 aromatic rings. The second-order valence-corrected chi connectivity index (χ2v) is 4.58. The highest BCUT2D eigenvalue weighted by Gasteiger charge is 2.38. The summed E-state index contributed by atoms with van der Waals surface area (Å²) in [5.41, 5.74) is 4.44. The predicted octanol–water partition coefficient (Wildman–Crippen LogP) is 3.99. The van der Waals surface area contributed by atoms with Crippen LogP contribution in [-0.2, 0) is 5.41 Å². The highest BCUT2D eigenvalue weighted by molar-refractivity contribution is 5.38. The van der Waals surface area contributed by atoms with E-state index < -0.39 is 0 Å². The number of allylic oxidation sites excluding steroid dienone is 1. The first-order chi connectivity index (χ1) is 6.65. The van der Waals surface area contributed by atoms with Gasteiger partial charge in [-0.1, -0.05) is 48.4 Å². The van der Waals surface area contributed by atoms with E-state index in [0.717, 1.165) is 0 Å². The molecule has 1 fully saturated rings. The quantitative estimate of drug-likeness (QED) is 0.612. The van der Waals surface area contributed by atoms with Crippen LogP contribution in [-0.4, -0.2) is 0 Å². The van der Waals surface area contributed by atoms with Gasteiger partial charge in [0.05, 0.1) is 0 Å². The average Bonchev–Trinajstić information content (AvgIpc) is 2.05. The molecular formula is C14H18. The summed E-state index contributed by atoms with van der Waals surface area (Å²) < 4.78 is 0. The SMILES string of the molecule is C=C(C)C1(c2ccc(C)cc2)CCC1. The smallest absolute Gasteiger partial charge is 0.0156 e. The average molecular weight is 186 g/mol. The van der Waals surface area contributed by atoms with Crippen molar-refractivity contribution in [1.29, 1.82) is 0 Å². The molecule has 0 saturated heterocycles. The first-order valence-electron chi connectivity index (χ1n) is 5.38. The fourth-order valence-corrected chi connectivity index (χ4v) is 2.36. The molecule has 14 heavy (non-hydrogen) atoms. The molecule has 0 aromatic heterocycles. The molecule has 0 bridgehead atoms. The van der Waals surface area contributed by atoms with E-state index >= 15 is 0 Å². The maximum Gasteiger partial charge on any atom is 0.0156 e. The lowest BCUT2D eigenvalue weighted by atomic mass is 9.61. The van der Waals surface area contributed by atoms with Crippen molar-refractivity contribution in [2.24, 2.45) is 0 Å². The molecule has 1 saturated carbocycles. The van der Waals surface area contributed by atoms with Crippen LogP contribution >= 0.6 is 0 Å². The van der Waals surface area contributed by atoms with Crippen LogP contribution in [0.15, 0.2) is 36.4 Å². The fraction of sp³-hybridized carbons (Fsp3) is 0.429.